The predicted octanol–water partition coefficient (Wildman–Crippen LogP) is 2.96. The molecule has 0 unspecified atom stereocenters. The molecule has 0 aliphatic carbocycles. The number of nitro benzene ring substituents is 2. The van der Waals surface area contributed by atoms with Gasteiger partial charge in [-0.3, -0.25) is 25.7 Å². The molecule has 2 aromatic carbocycles. The number of para-hydroxylation sites is 1. The van der Waals surface area contributed by atoms with Crippen molar-refractivity contribution in [3.63, 3.8) is 0 Å². The molecule has 0 aliphatic heterocycles. The second kappa shape index (κ2) is 6.98. The number of hydrogen-bond donors (Lipinski definition) is 1. The number of nitro groups is 2. The minimum atomic E-state index is -0.714. The number of nitrogens with one attached hydrogen (secondary N) is 1. The second-order valence-corrected chi connectivity index (χ2v) is 4.33. The number of rotatable bonds is 6. The molecule has 9 heteroatoms. The molecule has 0 bridgehead atoms. The van der Waals surface area contributed by atoms with E-state index in [0.717, 1.165) is 12.1 Å². The lowest BCUT2D eigenvalue weighted by atomic mass is 10.2. The summed E-state index contributed by atoms with van der Waals surface area (Å²) in [6.45, 7) is 0. The summed E-state index contributed by atoms with van der Waals surface area (Å²) in [5, 5.41) is 25.6. The molecule has 9 nitrogen and oxygen atoms in total. The van der Waals surface area contributed by atoms with E-state index in [0.29, 0.717) is 11.3 Å². The third-order valence-electron chi connectivity index (χ3n) is 2.92. The Morgan fingerprint density at radius 2 is 1.87 bits per heavy atom. The molecule has 2 rings (SSSR count). The standard InChI is InChI=1S/C14H12N4O5/c1-23-14-5-3-2-4-10(14)9-15-16-12-7-6-11(17(19)20)8-13(12)18(21)22/h2-9,16H,1H3/b15-9+. The lowest BCUT2D eigenvalue weighted by Gasteiger charge is -2.04. The Morgan fingerprint density at radius 1 is 1.13 bits per heavy atom. The van der Waals surface area contributed by atoms with Gasteiger partial charge in [0.05, 0.1) is 29.2 Å². The Morgan fingerprint density at radius 3 is 2.52 bits per heavy atom. The Kier molecular flexibility index (Phi) is 4.82. The lowest BCUT2D eigenvalue weighted by Crippen LogP contribution is -1.99. The fraction of sp³-hybridized carbons (Fsp3) is 0.0714. The molecule has 2 aromatic rings. The van der Waals surface area contributed by atoms with Gasteiger partial charge in [0, 0.05) is 11.6 Å². The molecule has 0 saturated heterocycles. The van der Waals surface area contributed by atoms with Crippen LogP contribution >= 0.6 is 0 Å². The van der Waals surface area contributed by atoms with E-state index >= 15 is 0 Å². The van der Waals surface area contributed by atoms with Crippen LogP contribution in [0.3, 0.4) is 0 Å². The molecular weight excluding hydrogens is 304 g/mol. The topological polar surface area (TPSA) is 120 Å². The van der Waals surface area contributed by atoms with E-state index in [1.165, 1.54) is 19.4 Å². The minimum Gasteiger partial charge on any atom is -0.496 e. The van der Waals surface area contributed by atoms with E-state index in [9.17, 15) is 20.2 Å². The second-order valence-electron chi connectivity index (χ2n) is 4.33. The van der Waals surface area contributed by atoms with Crippen molar-refractivity contribution in [3.8, 4) is 5.75 Å². The van der Waals surface area contributed by atoms with E-state index in [1.807, 2.05) is 0 Å². The van der Waals surface area contributed by atoms with Crippen molar-refractivity contribution in [2.24, 2.45) is 5.10 Å². The van der Waals surface area contributed by atoms with E-state index in [4.69, 9.17) is 4.74 Å². The highest BCUT2D eigenvalue weighted by Gasteiger charge is 2.19. The van der Waals surface area contributed by atoms with E-state index in [1.54, 1.807) is 24.3 Å². The SMILES string of the molecule is COc1ccccc1/C=N/Nc1ccc([N+](=O)[O-])cc1[N+](=O)[O-]. The smallest absolute Gasteiger partial charge is 0.301 e. The van der Waals surface area contributed by atoms with Crippen LogP contribution in [0, 0.1) is 20.2 Å². The van der Waals surface area contributed by atoms with Crippen LogP contribution in [-0.4, -0.2) is 23.2 Å². The third kappa shape index (κ3) is 3.79. The molecular formula is C14H12N4O5. The van der Waals surface area contributed by atoms with Gasteiger partial charge in [-0.15, -0.1) is 0 Å². The predicted molar refractivity (Wildman–Crippen MR) is 84.0 cm³/mol. The van der Waals surface area contributed by atoms with Crippen molar-refractivity contribution < 1.29 is 14.6 Å². The first-order valence-electron chi connectivity index (χ1n) is 6.38. The van der Waals surface area contributed by atoms with Gasteiger partial charge >= 0.3 is 5.69 Å². The van der Waals surface area contributed by atoms with Crippen LogP contribution in [0.2, 0.25) is 0 Å². The van der Waals surface area contributed by atoms with Gasteiger partial charge in [0.15, 0.2) is 0 Å². The number of nitrogens with zero attached hydrogens (tertiary/aromatic N) is 3. The van der Waals surface area contributed by atoms with Gasteiger partial charge in [0.1, 0.15) is 11.4 Å². The normalized spacial score (nSPS) is 10.5. The Balaban J connectivity index is 2.24. The number of non-ortho nitro benzene ring substituents is 1. The minimum absolute atomic E-state index is 0.0479. The van der Waals surface area contributed by atoms with Crippen LogP contribution in [0.15, 0.2) is 47.6 Å². The highest BCUT2D eigenvalue weighted by atomic mass is 16.6. The van der Waals surface area contributed by atoms with Crippen molar-refractivity contribution in [1.82, 2.24) is 0 Å². The highest BCUT2D eigenvalue weighted by Crippen LogP contribution is 2.28. The number of anilines is 1. The molecule has 0 aromatic heterocycles. The quantitative estimate of drug-likeness (QED) is 0.497. The molecule has 0 spiro atoms. The van der Waals surface area contributed by atoms with Crippen molar-refractivity contribution in [2.75, 3.05) is 12.5 Å². The van der Waals surface area contributed by atoms with Crippen LogP contribution in [-0.2, 0) is 0 Å². The summed E-state index contributed by atoms with van der Waals surface area (Å²) >= 11 is 0. The maximum atomic E-state index is 11.0. The van der Waals surface area contributed by atoms with Crippen LogP contribution in [0.5, 0.6) is 5.75 Å². The number of benzene rings is 2. The zero-order chi connectivity index (χ0) is 16.8. The Bertz CT molecular complexity index is 776. The first-order valence-corrected chi connectivity index (χ1v) is 6.38. The molecule has 0 atom stereocenters. The molecule has 0 saturated carbocycles. The summed E-state index contributed by atoms with van der Waals surface area (Å²) < 4.78 is 5.15. The van der Waals surface area contributed by atoms with Gasteiger partial charge in [0.25, 0.3) is 5.69 Å². The number of hydrazone groups is 1. The monoisotopic (exact) mass is 316 g/mol. The van der Waals surface area contributed by atoms with Crippen molar-refractivity contribution in [3.05, 3.63) is 68.3 Å². The Hall–Kier alpha value is -3.49. The van der Waals surface area contributed by atoms with Crippen molar-refractivity contribution in [2.45, 2.75) is 0 Å². The van der Waals surface area contributed by atoms with Crippen LogP contribution in [0.4, 0.5) is 17.1 Å². The molecule has 23 heavy (non-hydrogen) atoms. The van der Waals surface area contributed by atoms with Gasteiger partial charge in [-0.1, -0.05) is 12.1 Å². The van der Waals surface area contributed by atoms with Gasteiger partial charge in [-0.25, -0.2) is 0 Å². The van der Waals surface area contributed by atoms with Crippen molar-refractivity contribution in [1.29, 1.82) is 0 Å². The lowest BCUT2D eigenvalue weighted by molar-refractivity contribution is -0.393. The molecule has 0 fully saturated rings. The number of methoxy groups -OCH3 is 1. The summed E-state index contributed by atoms with van der Waals surface area (Å²) in [7, 11) is 1.52. The average molecular weight is 316 g/mol. The highest BCUT2D eigenvalue weighted by molar-refractivity contribution is 5.84. The largest absolute Gasteiger partial charge is 0.496 e. The summed E-state index contributed by atoms with van der Waals surface area (Å²) in [5.41, 5.74) is 2.43. The maximum absolute atomic E-state index is 11.0. The number of hydrogen-bond acceptors (Lipinski definition) is 7. The molecule has 0 heterocycles. The van der Waals surface area contributed by atoms with E-state index in [-0.39, 0.29) is 11.4 Å². The fourth-order valence-electron chi connectivity index (χ4n) is 1.82. The first-order chi connectivity index (χ1) is 11.0. The molecule has 0 aliphatic rings. The van der Waals surface area contributed by atoms with Gasteiger partial charge in [-0.2, -0.15) is 5.10 Å². The maximum Gasteiger partial charge on any atom is 0.301 e. The summed E-state index contributed by atoms with van der Waals surface area (Å²) in [5.74, 6) is 0.594. The summed E-state index contributed by atoms with van der Waals surface area (Å²) in [6.07, 6.45) is 1.43. The third-order valence-corrected chi connectivity index (χ3v) is 2.92. The zero-order valence-electron chi connectivity index (χ0n) is 12.0. The molecule has 0 radical (unpaired) electrons. The van der Waals surface area contributed by atoms with Crippen LogP contribution < -0.4 is 10.2 Å². The zero-order valence-corrected chi connectivity index (χ0v) is 12.0. The fourth-order valence-corrected chi connectivity index (χ4v) is 1.82. The van der Waals surface area contributed by atoms with Gasteiger partial charge < -0.3 is 4.74 Å². The summed E-state index contributed by atoms with van der Waals surface area (Å²) in [6, 6.07) is 10.4. The number of ether oxygens (including phenoxy) is 1. The Labute approximate surface area is 130 Å². The first kappa shape index (κ1) is 15.9. The molecule has 0 amide bonds. The summed E-state index contributed by atoms with van der Waals surface area (Å²) in [4.78, 5) is 20.3. The van der Waals surface area contributed by atoms with Crippen molar-refractivity contribution >= 4 is 23.3 Å². The van der Waals surface area contributed by atoms with Crippen LogP contribution in [0.1, 0.15) is 5.56 Å². The van der Waals surface area contributed by atoms with E-state index in [2.05, 4.69) is 10.5 Å². The van der Waals surface area contributed by atoms with Gasteiger partial charge in [-0.05, 0) is 18.2 Å². The van der Waals surface area contributed by atoms with Gasteiger partial charge in [0.2, 0.25) is 0 Å². The van der Waals surface area contributed by atoms with Crippen LogP contribution in [0.25, 0.3) is 0 Å². The molecule has 1 N–H and O–H groups in total. The molecule has 118 valence electrons. The van der Waals surface area contributed by atoms with E-state index < -0.39 is 15.5 Å². The average Bonchev–Trinajstić information content (AvgIpc) is 2.55.